The van der Waals surface area contributed by atoms with E-state index in [4.69, 9.17) is 16.3 Å². The fraction of sp³-hybridized carbons (Fsp3) is 0.476. The monoisotopic (exact) mass is 481 g/mol. The van der Waals surface area contributed by atoms with E-state index in [2.05, 4.69) is 15.3 Å². The van der Waals surface area contributed by atoms with Crippen LogP contribution in [0.5, 0.6) is 0 Å². The fourth-order valence-electron chi connectivity index (χ4n) is 3.34. The third-order valence-electron chi connectivity index (χ3n) is 5.02. The van der Waals surface area contributed by atoms with Crippen LogP contribution in [0.2, 0.25) is 5.15 Å². The first-order valence-electron chi connectivity index (χ1n) is 10.3. The summed E-state index contributed by atoms with van der Waals surface area (Å²) in [6, 6.07) is 7.89. The Hall–Kier alpha value is -2.43. The van der Waals surface area contributed by atoms with Crippen LogP contribution in [0.15, 0.2) is 41.4 Å². The molecule has 3 rings (SSSR count). The van der Waals surface area contributed by atoms with Gasteiger partial charge < -0.3 is 15.0 Å². The minimum atomic E-state index is -3.64. The minimum Gasteiger partial charge on any atom is -0.444 e. The van der Waals surface area contributed by atoms with Crippen LogP contribution in [0.1, 0.15) is 33.6 Å². The first-order valence-corrected chi connectivity index (χ1v) is 12.1. The van der Waals surface area contributed by atoms with E-state index in [9.17, 15) is 13.2 Å². The molecule has 1 fully saturated rings. The number of piperidine rings is 1. The van der Waals surface area contributed by atoms with Crippen LogP contribution in [-0.4, -0.2) is 65.5 Å². The molecule has 0 unspecified atom stereocenters. The van der Waals surface area contributed by atoms with E-state index in [0.29, 0.717) is 42.7 Å². The highest BCUT2D eigenvalue weighted by Crippen LogP contribution is 2.25. The molecule has 0 aliphatic carbocycles. The minimum absolute atomic E-state index is 0.0689. The highest BCUT2D eigenvalue weighted by atomic mass is 35.5. The van der Waals surface area contributed by atoms with Gasteiger partial charge in [-0.15, -0.1) is 0 Å². The lowest BCUT2D eigenvalue weighted by molar-refractivity contribution is 0.0178. The molecule has 11 heteroatoms. The maximum absolute atomic E-state index is 13.1. The van der Waals surface area contributed by atoms with E-state index < -0.39 is 21.7 Å². The quantitative estimate of drug-likeness (QED) is 0.646. The zero-order chi connectivity index (χ0) is 23.5. The Morgan fingerprint density at radius 3 is 2.38 bits per heavy atom. The second-order valence-corrected chi connectivity index (χ2v) is 10.9. The van der Waals surface area contributed by atoms with Crippen LogP contribution in [-0.2, 0) is 14.8 Å². The topological polar surface area (TPSA) is 105 Å². The van der Waals surface area contributed by atoms with Gasteiger partial charge in [-0.3, -0.25) is 0 Å². The van der Waals surface area contributed by atoms with Crippen LogP contribution in [0.4, 0.5) is 16.4 Å². The van der Waals surface area contributed by atoms with Crippen LogP contribution < -0.4 is 5.32 Å². The van der Waals surface area contributed by atoms with Gasteiger partial charge in [0, 0.05) is 38.1 Å². The van der Waals surface area contributed by atoms with Gasteiger partial charge in [0.1, 0.15) is 10.8 Å². The summed E-state index contributed by atoms with van der Waals surface area (Å²) in [6.45, 7) is 6.11. The first-order chi connectivity index (χ1) is 15.0. The van der Waals surface area contributed by atoms with Gasteiger partial charge in [-0.1, -0.05) is 11.6 Å². The van der Waals surface area contributed by atoms with Gasteiger partial charge in [-0.25, -0.2) is 23.2 Å². The molecule has 32 heavy (non-hydrogen) atoms. The average Bonchev–Trinajstić information content (AvgIpc) is 2.72. The molecule has 174 valence electrons. The van der Waals surface area contributed by atoms with E-state index >= 15 is 0 Å². The molecule has 1 amide bonds. The Kier molecular flexibility index (Phi) is 7.26. The summed E-state index contributed by atoms with van der Waals surface area (Å²) >= 11 is 5.85. The van der Waals surface area contributed by atoms with Crippen molar-refractivity contribution in [3.8, 4) is 0 Å². The van der Waals surface area contributed by atoms with Gasteiger partial charge in [0.05, 0.1) is 4.90 Å². The Bertz CT molecular complexity index is 1050. The lowest BCUT2D eigenvalue weighted by Crippen LogP contribution is -2.48. The average molecular weight is 482 g/mol. The number of benzene rings is 1. The largest absolute Gasteiger partial charge is 0.444 e. The second kappa shape index (κ2) is 9.60. The highest BCUT2D eigenvalue weighted by molar-refractivity contribution is 7.89. The lowest BCUT2D eigenvalue weighted by atomic mass is 10.1. The van der Waals surface area contributed by atoms with Crippen LogP contribution >= 0.6 is 11.6 Å². The zero-order valence-electron chi connectivity index (χ0n) is 18.6. The Morgan fingerprint density at radius 1 is 1.19 bits per heavy atom. The summed E-state index contributed by atoms with van der Waals surface area (Å²) < 4.78 is 33.0. The number of anilines is 2. The number of aromatic nitrogens is 2. The second-order valence-electron chi connectivity index (χ2n) is 8.58. The van der Waals surface area contributed by atoms with E-state index in [1.165, 1.54) is 10.5 Å². The van der Waals surface area contributed by atoms with E-state index in [0.717, 1.165) is 0 Å². The number of hydrogen-bond acceptors (Lipinski definition) is 7. The molecular weight excluding hydrogens is 454 g/mol. The fourth-order valence-corrected chi connectivity index (χ4v) is 4.94. The van der Waals surface area contributed by atoms with Gasteiger partial charge in [0.15, 0.2) is 0 Å². The number of hydrogen-bond donors (Lipinski definition) is 1. The van der Waals surface area contributed by atoms with E-state index in [-0.39, 0.29) is 10.9 Å². The highest BCUT2D eigenvalue weighted by Gasteiger charge is 2.33. The summed E-state index contributed by atoms with van der Waals surface area (Å²) in [5, 5.41) is 3.29. The van der Waals surface area contributed by atoms with Crippen molar-refractivity contribution in [3.05, 3.63) is 41.7 Å². The number of nitrogens with zero attached hydrogens (tertiary/aromatic N) is 4. The number of halogens is 1. The van der Waals surface area contributed by atoms with Gasteiger partial charge in [0.2, 0.25) is 16.0 Å². The predicted molar refractivity (Wildman–Crippen MR) is 123 cm³/mol. The summed E-state index contributed by atoms with van der Waals surface area (Å²) in [4.78, 5) is 22.2. The van der Waals surface area contributed by atoms with Gasteiger partial charge >= 0.3 is 6.09 Å². The molecule has 1 aliphatic rings. The Balaban J connectivity index is 1.61. The van der Waals surface area contributed by atoms with Crippen molar-refractivity contribution in [2.24, 2.45) is 0 Å². The summed E-state index contributed by atoms with van der Waals surface area (Å²) in [5.74, 6) is 0.323. The van der Waals surface area contributed by atoms with Crippen molar-refractivity contribution in [2.75, 3.05) is 25.5 Å². The zero-order valence-corrected chi connectivity index (χ0v) is 20.2. The SMILES string of the molecule is CN(C(=O)OC(C)(C)C)C1CCN(S(=O)(=O)c2ccc(Nc3nccc(Cl)n3)cc2)CC1. The third-order valence-corrected chi connectivity index (χ3v) is 7.15. The number of sulfonamides is 1. The van der Waals surface area contributed by atoms with Crippen molar-refractivity contribution in [3.63, 3.8) is 0 Å². The smallest absolute Gasteiger partial charge is 0.410 e. The van der Waals surface area contributed by atoms with E-state index in [1.807, 2.05) is 20.8 Å². The Morgan fingerprint density at radius 2 is 1.81 bits per heavy atom. The molecule has 0 saturated carbocycles. The van der Waals surface area contributed by atoms with Crippen LogP contribution in [0.3, 0.4) is 0 Å². The molecule has 1 aromatic carbocycles. The molecule has 2 heterocycles. The maximum atomic E-state index is 13.1. The lowest BCUT2D eigenvalue weighted by Gasteiger charge is -2.36. The molecule has 1 aliphatic heterocycles. The van der Waals surface area contributed by atoms with Crippen molar-refractivity contribution in [2.45, 2.75) is 50.2 Å². The molecule has 1 saturated heterocycles. The normalized spacial score (nSPS) is 15.9. The number of nitrogens with one attached hydrogen (secondary N) is 1. The van der Waals surface area contributed by atoms with Crippen molar-refractivity contribution in [1.29, 1.82) is 0 Å². The number of carbonyl (C=O) groups is 1. The van der Waals surface area contributed by atoms with E-state index in [1.54, 1.807) is 42.3 Å². The summed E-state index contributed by atoms with van der Waals surface area (Å²) in [5.41, 5.74) is 0.0684. The molecule has 1 N–H and O–H groups in total. The number of carbonyl (C=O) groups excluding carboxylic acids is 1. The third kappa shape index (κ3) is 6.08. The standard InChI is InChI=1S/C21H28ClN5O4S/c1-21(2,3)31-20(28)26(4)16-10-13-27(14-11-16)32(29,30)17-7-5-15(6-8-17)24-19-23-12-9-18(22)25-19/h5-9,12,16H,10-11,13-14H2,1-4H3,(H,23,24,25). The predicted octanol–water partition coefficient (Wildman–Crippen LogP) is 3.89. The van der Waals surface area contributed by atoms with Crippen molar-refractivity contribution >= 4 is 39.4 Å². The molecule has 2 aromatic rings. The number of ether oxygens (including phenoxy) is 1. The molecule has 9 nitrogen and oxygen atoms in total. The maximum Gasteiger partial charge on any atom is 0.410 e. The van der Waals surface area contributed by atoms with Gasteiger partial charge in [0.25, 0.3) is 0 Å². The summed E-state index contributed by atoms with van der Waals surface area (Å²) in [6.07, 6.45) is 2.22. The molecule has 0 bridgehead atoms. The summed E-state index contributed by atoms with van der Waals surface area (Å²) in [7, 11) is -1.95. The molecule has 0 atom stereocenters. The van der Waals surface area contributed by atoms with Crippen LogP contribution in [0, 0.1) is 0 Å². The Labute approximate surface area is 193 Å². The molecule has 0 radical (unpaired) electrons. The number of amides is 1. The molecule has 1 aromatic heterocycles. The van der Waals surface area contributed by atoms with Crippen LogP contribution in [0.25, 0.3) is 0 Å². The molecular formula is C21H28ClN5O4S. The number of rotatable bonds is 5. The first kappa shape index (κ1) is 24.2. The van der Waals surface area contributed by atoms with Gasteiger partial charge in [-0.2, -0.15) is 4.31 Å². The van der Waals surface area contributed by atoms with Gasteiger partial charge in [-0.05, 0) is 63.9 Å². The van der Waals surface area contributed by atoms with Crippen molar-refractivity contribution in [1.82, 2.24) is 19.2 Å². The molecule has 0 spiro atoms. The van der Waals surface area contributed by atoms with Crippen molar-refractivity contribution < 1.29 is 17.9 Å².